The van der Waals surface area contributed by atoms with E-state index in [1.54, 1.807) is 35.2 Å². The number of benzene rings is 1. The van der Waals surface area contributed by atoms with Gasteiger partial charge in [-0.25, -0.2) is 4.98 Å². The smallest absolute Gasteiger partial charge is 0.275 e. The number of nitrogens with one attached hydrogen (secondary N) is 1. The maximum absolute atomic E-state index is 11.9. The number of hydrogen-bond donors (Lipinski definition) is 2. The Bertz CT molecular complexity index is 613. The first kappa shape index (κ1) is 15.0. The molecule has 1 aliphatic rings. The number of nitrogens with zero attached hydrogens (tertiary/aromatic N) is 1. The van der Waals surface area contributed by atoms with Crippen LogP contribution in [0.2, 0.25) is 0 Å². The van der Waals surface area contributed by atoms with Gasteiger partial charge in [-0.15, -0.1) is 11.3 Å². The number of rotatable bonds is 4. The number of hydrogen-bond acceptors (Lipinski definition) is 5. The van der Waals surface area contributed by atoms with Crippen LogP contribution in [0.1, 0.15) is 36.2 Å². The number of ether oxygens (including phenoxy) is 1. The van der Waals surface area contributed by atoms with Gasteiger partial charge in [0.15, 0.2) is 0 Å². The van der Waals surface area contributed by atoms with E-state index in [0.29, 0.717) is 17.1 Å². The number of carbonyl (C=O) groups is 1. The minimum absolute atomic E-state index is 0.135. The monoisotopic (exact) mass is 318 g/mol. The van der Waals surface area contributed by atoms with Crippen LogP contribution < -0.4 is 10.1 Å². The second-order valence-corrected chi connectivity index (χ2v) is 6.08. The number of aliphatic hydroxyl groups excluding tert-OH is 1. The van der Waals surface area contributed by atoms with Crippen LogP contribution in [0.3, 0.4) is 0 Å². The van der Waals surface area contributed by atoms with Crippen molar-refractivity contribution in [3.05, 3.63) is 40.8 Å². The number of aromatic nitrogens is 1. The van der Waals surface area contributed by atoms with Crippen molar-refractivity contribution in [3.8, 4) is 5.75 Å². The first-order valence-electron chi connectivity index (χ1n) is 7.37. The highest BCUT2D eigenvalue weighted by Gasteiger charge is 2.24. The molecule has 2 atom stereocenters. The van der Waals surface area contributed by atoms with Gasteiger partial charge in [0.05, 0.1) is 11.6 Å². The summed E-state index contributed by atoms with van der Waals surface area (Å²) in [6.07, 6.45) is 3.30. The van der Waals surface area contributed by atoms with E-state index in [1.165, 1.54) is 11.3 Å². The van der Waals surface area contributed by atoms with Gasteiger partial charge in [0, 0.05) is 11.1 Å². The van der Waals surface area contributed by atoms with Gasteiger partial charge in [0.25, 0.3) is 5.91 Å². The van der Waals surface area contributed by atoms with Crippen LogP contribution in [0.25, 0.3) is 0 Å². The molecule has 0 saturated heterocycles. The lowest BCUT2D eigenvalue weighted by Crippen LogP contribution is -2.34. The quantitative estimate of drug-likeness (QED) is 0.909. The summed E-state index contributed by atoms with van der Waals surface area (Å²) in [5.74, 6) is 0.482. The van der Waals surface area contributed by atoms with Crippen molar-refractivity contribution in [1.82, 2.24) is 4.98 Å². The van der Waals surface area contributed by atoms with Crippen molar-refractivity contribution in [3.63, 3.8) is 0 Å². The molecule has 1 heterocycles. The van der Waals surface area contributed by atoms with Gasteiger partial charge >= 0.3 is 0 Å². The van der Waals surface area contributed by atoms with Crippen LogP contribution in [0.4, 0.5) is 5.69 Å². The Hall–Kier alpha value is -1.92. The minimum atomic E-state index is -0.391. The number of aliphatic hydroxyl groups is 1. The molecule has 1 aliphatic carbocycles. The lowest BCUT2D eigenvalue weighted by atomic mass is 9.95. The summed E-state index contributed by atoms with van der Waals surface area (Å²) >= 11 is 1.38. The summed E-state index contributed by atoms with van der Waals surface area (Å²) in [7, 11) is 0. The Balaban J connectivity index is 1.59. The van der Waals surface area contributed by atoms with Crippen LogP contribution in [-0.2, 0) is 0 Å². The Labute approximate surface area is 133 Å². The van der Waals surface area contributed by atoms with Crippen molar-refractivity contribution >= 4 is 22.9 Å². The maximum atomic E-state index is 11.9. The second kappa shape index (κ2) is 6.89. The van der Waals surface area contributed by atoms with E-state index in [1.807, 2.05) is 0 Å². The molecule has 1 saturated carbocycles. The average Bonchev–Trinajstić information content (AvgIpc) is 3.06. The third-order valence-corrected chi connectivity index (χ3v) is 4.32. The first-order valence-corrected chi connectivity index (χ1v) is 8.31. The predicted molar refractivity (Wildman–Crippen MR) is 85.4 cm³/mol. The van der Waals surface area contributed by atoms with Crippen molar-refractivity contribution in [2.45, 2.75) is 37.9 Å². The van der Waals surface area contributed by atoms with Crippen LogP contribution in [0.15, 0.2) is 35.2 Å². The maximum Gasteiger partial charge on any atom is 0.275 e. The molecule has 3 rings (SSSR count). The van der Waals surface area contributed by atoms with Crippen molar-refractivity contribution in [1.29, 1.82) is 0 Å². The molecule has 1 aromatic carbocycles. The van der Waals surface area contributed by atoms with E-state index < -0.39 is 6.10 Å². The molecule has 116 valence electrons. The molecule has 0 bridgehead atoms. The molecule has 0 aliphatic heterocycles. The first-order chi connectivity index (χ1) is 10.7. The van der Waals surface area contributed by atoms with E-state index in [0.717, 1.165) is 25.7 Å². The third-order valence-electron chi connectivity index (χ3n) is 3.73. The lowest BCUT2D eigenvalue weighted by Gasteiger charge is -2.28. The molecule has 1 fully saturated rings. The van der Waals surface area contributed by atoms with E-state index in [4.69, 9.17) is 4.74 Å². The predicted octanol–water partition coefficient (Wildman–Crippen LogP) is 3.08. The normalized spacial score (nSPS) is 21.3. The Morgan fingerprint density at radius 2 is 2.05 bits per heavy atom. The number of amides is 1. The molecular formula is C16H18N2O3S. The zero-order valence-corrected chi connectivity index (χ0v) is 12.9. The molecule has 0 unspecified atom stereocenters. The van der Waals surface area contributed by atoms with Crippen molar-refractivity contribution < 1.29 is 14.6 Å². The lowest BCUT2D eigenvalue weighted by molar-refractivity contribution is 0.00688. The fourth-order valence-electron chi connectivity index (χ4n) is 2.53. The molecule has 22 heavy (non-hydrogen) atoms. The molecule has 1 aromatic heterocycles. The molecule has 0 spiro atoms. The van der Waals surface area contributed by atoms with Crippen LogP contribution >= 0.6 is 11.3 Å². The van der Waals surface area contributed by atoms with Crippen LogP contribution in [-0.4, -0.2) is 28.2 Å². The highest BCUT2D eigenvalue weighted by molar-refractivity contribution is 7.07. The standard InChI is InChI=1S/C16H18N2O3S/c19-14-3-1-2-4-15(14)21-12-7-5-11(6-8-12)18-16(20)13-9-22-10-17-13/h5-10,14-15,19H,1-4H2,(H,18,20)/t14-,15+/m0/s1. The number of anilines is 1. The highest BCUT2D eigenvalue weighted by atomic mass is 32.1. The SMILES string of the molecule is O=C(Nc1ccc(O[C@@H]2CCCC[C@@H]2O)cc1)c1cscn1. The fourth-order valence-corrected chi connectivity index (χ4v) is 3.06. The second-order valence-electron chi connectivity index (χ2n) is 5.36. The number of thiazole rings is 1. The zero-order valence-electron chi connectivity index (χ0n) is 12.1. The van der Waals surface area contributed by atoms with Gasteiger partial charge in [0.1, 0.15) is 17.5 Å². The zero-order chi connectivity index (χ0) is 15.4. The van der Waals surface area contributed by atoms with Gasteiger partial charge in [-0.3, -0.25) is 4.79 Å². The Kier molecular flexibility index (Phi) is 4.70. The number of carbonyl (C=O) groups excluding carboxylic acids is 1. The largest absolute Gasteiger partial charge is 0.488 e. The fraction of sp³-hybridized carbons (Fsp3) is 0.375. The van der Waals surface area contributed by atoms with Gasteiger partial charge in [0.2, 0.25) is 0 Å². The van der Waals surface area contributed by atoms with Gasteiger partial charge in [-0.05, 0) is 43.5 Å². The topological polar surface area (TPSA) is 71.5 Å². The van der Waals surface area contributed by atoms with E-state index >= 15 is 0 Å². The molecule has 5 nitrogen and oxygen atoms in total. The third kappa shape index (κ3) is 3.64. The van der Waals surface area contributed by atoms with E-state index in [9.17, 15) is 9.90 Å². The molecule has 2 aromatic rings. The average molecular weight is 318 g/mol. The molecule has 0 radical (unpaired) electrons. The summed E-state index contributed by atoms with van der Waals surface area (Å²) < 4.78 is 5.83. The molecule has 2 N–H and O–H groups in total. The van der Waals surface area contributed by atoms with Gasteiger partial charge in [-0.2, -0.15) is 0 Å². The van der Waals surface area contributed by atoms with Crippen LogP contribution in [0, 0.1) is 0 Å². The summed E-state index contributed by atoms with van der Waals surface area (Å²) in [5.41, 5.74) is 2.73. The van der Waals surface area contributed by atoms with Gasteiger partial charge in [-0.1, -0.05) is 6.42 Å². The van der Waals surface area contributed by atoms with Crippen molar-refractivity contribution in [2.75, 3.05) is 5.32 Å². The summed E-state index contributed by atoms with van der Waals surface area (Å²) in [4.78, 5) is 15.9. The Morgan fingerprint density at radius 3 is 2.73 bits per heavy atom. The van der Waals surface area contributed by atoms with Crippen molar-refractivity contribution in [2.24, 2.45) is 0 Å². The molecular weight excluding hydrogens is 300 g/mol. The minimum Gasteiger partial charge on any atom is -0.488 e. The summed E-state index contributed by atoms with van der Waals surface area (Å²) in [6.45, 7) is 0. The molecule has 1 amide bonds. The Morgan fingerprint density at radius 1 is 1.27 bits per heavy atom. The van der Waals surface area contributed by atoms with E-state index in [2.05, 4.69) is 10.3 Å². The van der Waals surface area contributed by atoms with Crippen LogP contribution in [0.5, 0.6) is 5.75 Å². The molecule has 6 heteroatoms. The summed E-state index contributed by atoms with van der Waals surface area (Å²) in [5, 5.41) is 14.4. The highest BCUT2D eigenvalue weighted by Crippen LogP contribution is 2.25. The van der Waals surface area contributed by atoms with E-state index in [-0.39, 0.29) is 12.0 Å². The summed E-state index contributed by atoms with van der Waals surface area (Å²) in [6, 6.07) is 7.18. The van der Waals surface area contributed by atoms with Gasteiger partial charge < -0.3 is 15.2 Å².